The maximum absolute atomic E-state index is 12.3. The molecule has 2 N–H and O–H groups in total. The first kappa shape index (κ1) is 10.6. The molecule has 0 aliphatic carbocycles. The third kappa shape index (κ3) is 1.34. The van der Waals surface area contributed by atoms with Crippen LogP contribution < -0.4 is 10.6 Å². The Morgan fingerprint density at radius 2 is 1.74 bits per heavy atom. The highest BCUT2D eigenvalue weighted by molar-refractivity contribution is 6.06. The average molecular weight is 252 g/mol. The van der Waals surface area contributed by atoms with E-state index in [1.165, 1.54) is 0 Å². The van der Waals surface area contributed by atoms with E-state index in [0.29, 0.717) is 6.61 Å². The van der Waals surface area contributed by atoms with E-state index in [0.717, 1.165) is 22.5 Å². The van der Waals surface area contributed by atoms with E-state index in [-0.39, 0.29) is 5.91 Å². The molecule has 0 saturated carbocycles. The molecule has 2 heterocycles. The van der Waals surface area contributed by atoms with Gasteiger partial charge in [0.1, 0.15) is 0 Å². The number of anilines is 2. The van der Waals surface area contributed by atoms with E-state index in [2.05, 4.69) is 10.6 Å². The Morgan fingerprint density at radius 3 is 2.63 bits per heavy atom. The maximum Gasteiger partial charge on any atom is 0.282 e. The molecular formula is C15H12N2O2. The first-order valence-corrected chi connectivity index (χ1v) is 6.21. The fourth-order valence-electron chi connectivity index (χ4n) is 2.68. The molecule has 19 heavy (non-hydrogen) atoms. The third-order valence-electron chi connectivity index (χ3n) is 3.65. The van der Waals surface area contributed by atoms with Crippen molar-refractivity contribution in [1.82, 2.24) is 0 Å². The highest BCUT2D eigenvalue weighted by Gasteiger charge is 2.50. The van der Waals surface area contributed by atoms with Gasteiger partial charge in [0.25, 0.3) is 5.91 Å². The molecule has 2 aliphatic rings. The lowest BCUT2D eigenvalue weighted by Gasteiger charge is -2.35. The van der Waals surface area contributed by atoms with Crippen molar-refractivity contribution in [3.05, 3.63) is 59.7 Å². The van der Waals surface area contributed by atoms with Gasteiger partial charge in [0.2, 0.25) is 5.72 Å². The summed E-state index contributed by atoms with van der Waals surface area (Å²) in [7, 11) is 0. The van der Waals surface area contributed by atoms with Crippen LogP contribution in [0.2, 0.25) is 0 Å². The highest BCUT2D eigenvalue weighted by Crippen LogP contribution is 2.43. The third-order valence-corrected chi connectivity index (χ3v) is 3.65. The van der Waals surface area contributed by atoms with Crippen LogP contribution in [0.15, 0.2) is 48.5 Å². The van der Waals surface area contributed by atoms with E-state index in [4.69, 9.17) is 4.74 Å². The minimum atomic E-state index is -1.09. The van der Waals surface area contributed by atoms with Gasteiger partial charge in [0.05, 0.1) is 6.61 Å². The fourth-order valence-corrected chi connectivity index (χ4v) is 2.68. The van der Waals surface area contributed by atoms with Gasteiger partial charge in [0.15, 0.2) is 0 Å². The lowest BCUT2D eigenvalue weighted by Crippen LogP contribution is -2.47. The first-order chi connectivity index (χ1) is 9.29. The average Bonchev–Trinajstić information content (AvgIpc) is 2.72. The van der Waals surface area contributed by atoms with Crippen LogP contribution in [-0.2, 0) is 21.9 Å². The van der Waals surface area contributed by atoms with Gasteiger partial charge < -0.3 is 15.4 Å². The molecule has 94 valence electrons. The largest absolute Gasteiger partial charge is 0.346 e. The van der Waals surface area contributed by atoms with Crippen LogP contribution in [-0.4, -0.2) is 5.91 Å². The van der Waals surface area contributed by atoms with Gasteiger partial charge in [0, 0.05) is 22.5 Å². The molecule has 2 aromatic rings. The van der Waals surface area contributed by atoms with Gasteiger partial charge in [-0.25, -0.2) is 0 Å². The zero-order valence-electron chi connectivity index (χ0n) is 10.1. The van der Waals surface area contributed by atoms with E-state index in [1.807, 2.05) is 48.5 Å². The number of para-hydroxylation sites is 2. The zero-order chi connectivity index (χ0) is 12.9. The molecule has 2 aliphatic heterocycles. The van der Waals surface area contributed by atoms with Crippen molar-refractivity contribution in [1.29, 1.82) is 0 Å². The zero-order valence-corrected chi connectivity index (χ0v) is 10.1. The van der Waals surface area contributed by atoms with Crippen LogP contribution in [0.25, 0.3) is 0 Å². The van der Waals surface area contributed by atoms with Gasteiger partial charge in [-0.2, -0.15) is 0 Å². The molecule has 4 heteroatoms. The van der Waals surface area contributed by atoms with Gasteiger partial charge in [-0.05, 0) is 12.1 Å². The Morgan fingerprint density at radius 1 is 1.00 bits per heavy atom. The van der Waals surface area contributed by atoms with Crippen LogP contribution in [0.5, 0.6) is 0 Å². The standard InChI is InChI=1S/C15H12N2O2/c18-14-15(11-6-2-4-8-13(11)16-14)17-12-7-3-1-5-10(12)9-19-15/h1-8,17H,9H2,(H,16,18)/t15-/m1/s1. The Balaban J connectivity index is 1.87. The minimum Gasteiger partial charge on any atom is -0.346 e. The van der Waals surface area contributed by atoms with Crippen LogP contribution in [0, 0.1) is 0 Å². The predicted octanol–water partition coefficient (Wildman–Crippen LogP) is 2.43. The second-order valence-electron chi connectivity index (χ2n) is 4.75. The molecule has 1 amide bonds. The van der Waals surface area contributed by atoms with Gasteiger partial charge in [-0.1, -0.05) is 36.4 Å². The molecule has 0 radical (unpaired) electrons. The van der Waals surface area contributed by atoms with Gasteiger partial charge in [-0.3, -0.25) is 4.79 Å². The van der Waals surface area contributed by atoms with Crippen LogP contribution >= 0.6 is 0 Å². The van der Waals surface area contributed by atoms with Crippen LogP contribution in [0.3, 0.4) is 0 Å². The van der Waals surface area contributed by atoms with E-state index < -0.39 is 5.72 Å². The summed E-state index contributed by atoms with van der Waals surface area (Å²) in [5.74, 6) is -0.164. The van der Waals surface area contributed by atoms with Crippen LogP contribution in [0.4, 0.5) is 11.4 Å². The molecule has 2 aromatic carbocycles. The molecule has 0 saturated heterocycles. The van der Waals surface area contributed by atoms with E-state index in [9.17, 15) is 4.79 Å². The Kier molecular flexibility index (Phi) is 2.00. The maximum atomic E-state index is 12.3. The normalized spacial score (nSPS) is 23.5. The number of benzene rings is 2. The summed E-state index contributed by atoms with van der Waals surface area (Å²) in [5.41, 5.74) is 2.56. The van der Waals surface area contributed by atoms with Crippen molar-refractivity contribution in [2.45, 2.75) is 12.3 Å². The number of carbonyl (C=O) groups excluding carboxylic acids is 1. The van der Waals surface area contributed by atoms with Crippen molar-refractivity contribution in [2.24, 2.45) is 0 Å². The monoisotopic (exact) mass is 252 g/mol. The number of amides is 1. The lowest BCUT2D eigenvalue weighted by atomic mass is 10.0. The first-order valence-electron chi connectivity index (χ1n) is 6.21. The number of rotatable bonds is 0. The number of carbonyl (C=O) groups is 1. The smallest absolute Gasteiger partial charge is 0.282 e. The number of hydrogen-bond acceptors (Lipinski definition) is 3. The molecule has 1 spiro atoms. The molecule has 0 bridgehead atoms. The second-order valence-corrected chi connectivity index (χ2v) is 4.75. The molecule has 0 aromatic heterocycles. The number of ether oxygens (including phenoxy) is 1. The number of nitrogens with one attached hydrogen (secondary N) is 2. The molecule has 4 nitrogen and oxygen atoms in total. The quantitative estimate of drug-likeness (QED) is 0.757. The molecule has 0 unspecified atom stereocenters. The van der Waals surface area contributed by atoms with Crippen molar-refractivity contribution in [3.8, 4) is 0 Å². The summed E-state index contributed by atoms with van der Waals surface area (Å²) in [5, 5.41) is 6.11. The van der Waals surface area contributed by atoms with E-state index >= 15 is 0 Å². The number of hydrogen-bond donors (Lipinski definition) is 2. The van der Waals surface area contributed by atoms with E-state index in [1.54, 1.807) is 0 Å². The van der Waals surface area contributed by atoms with Crippen LogP contribution in [0.1, 0.15) is 11.1 Å². The van der Waals surface area contributed by atoms with Gasteiger partial charge in [-0.15, -0.1) is 0 Å². The lowest BCUT2D eigenvalue weighted by molar-refractivity contribution is -0.140. The Hall–Kier alpha value is -2.33. The van der Waals surface area contributed by atoms with Crippen molar-refractivity contribution in [2.75, 3.05) is 10.6 Å². The predicted molar refractivity (Wildman–Crippen MR) is 71.6 cm³/mol. The minimum absolute atomic E-state index is 0.164. The summed E-state index contributed by atoms with van der Waals surface area (Å²) in [6, 6.07) is 15.5. The Labute approximate surface area is 110 Å². The topological polar surface area (TPSA) is 50.4 Å². The van der Waals surface area contributed by atoms with Crippen molar-refractivity contribution >= 4 is 17.3 Å². The molecular weight excluding hydrogens is 240 g/mol. The fraction of sp³-hybridized carbons (Fsp3) is 0.133. The SMILES string of the molecule is O=C1Nc2ccccc2[C@]12Nc1ccccc1CO2. The summed E-state index contributed by atoms with van der Waals surface area (Å²) in [6.07, 6.45) is 0. The molecule has 1 atom stereocenters. The summed E-state index contributed by atoms with van der Waals surface area (Å²) >= 11 is 0. The van der Waals surface area contributed by atoms with Gasteiger partial charge >= 0.3 is 0 Å². The molecule has 4 rings (SSSR count). The summed E-state index contributed by atoms with van der Waals surface area (Å²) < 4.78 is 5.87. The second kappa shape index (κ2) is 3.59. The Bertz CT molecular complexity index is 683. The molecule has 0 fully saturated rings. The van der Waals surface area contributed by atoms with Crippen molar-refractivity contribution < 1.29 is 9.53 Å². The van der Waals surface area contributed by atoms with Crippen molar-refractivity contribution in [3.63, 3.8) is 0 Å². The number of fused-ring (bicyclic) bond motifs is 3. The summed E-state index contributed by atoms with van der Waals surface area (Å²) in [6.45, 7) is 0.422. The summed E-state index contributed by atoms with van der Waals surface area (Å²) in [4.78, 5) is 12.3. The highest BCUT2D eigenvalue weighted by atomic mass is 16.5.